The van der Waals surface area contributed by atoms with Gasteiger partial charge in [-0.1, -0.05) is 36.4 Å². The molecule has 86 valence electrons. The fourth-order valence-electron chi connectivity index (χ4n) is 1.72. The third kappa shape index (κ3) is 2.72. The van der Waals surface area contributed by atoms with E-state index >= 15 is 0 Å². The van der Waals surface area contributed by atoms with Crippen LogP contribution >= 0.6 is 0 Å². The van der Waals surface area contributed by atoms with Crippen LogP contribution in [0.4, 0.5) is 0 Å². The van der Waals surface area contributed by atoms with Gasteiger partial charge in [0.05, 0.1) is 5.56 Å². The number of aromatic hydroxyl groups is 1. The van der Waals surface area contributed by atoms with E-state index in [9.17, 15) is 9.90 Å². The highest BCUT2D eigenvalue weighted by Crippen LogP contribution is 2.20. The van der Waals surface area contributed by atoms with E-state index in [1.807, 2.05) is 43.4 Å². The van der Waals surface area contributed by atoms with E-state index in [4.69, 9.17) is 0 Å². The second kappa shape index (κ2) is 4.83. The van der Waals surface area contributed by atoms with E-state index in [-0.39, 0.29) is 17.5 Å². The molecule has 0 aromatic heterocycles. The third-order valence-corrected chi connectivity index (χ3v) is 2.67. The molecule has 0 radical (unpaired) electrons. The van der Waals surface area contributed by atoms with Crippen molar-refractivity contribution in [3.63, 3.8) is 0 Å². The van der Waals surface area contributed by atoms with Gasteiger partial charge < -0.3 is 5.11 Å². The first kappa shape index (κ1) is 11.4. The Morgan fingerprint density at radius 1 is 1.29 bits per heavy atom. The molecule has 0 amide bonds. The van der Waals surface area contributed by atoms with Gasteiger partial charge in [-0.05, 0) is 30.7 Å². The van der Waals surface area contributed by atoms with Gasteiger partial charge in [0, 0.05) is 5.92 Å². The first-order valence-electron chi connectivity index (χ1n) is 5.54. The Morgan fingerprint density at radius 3 is 2.65 bits per heavy atom. The van der Waals surface area contributed by atoms with E-state index in [1.165, 1.54) is 6.08 Å². The van der Waals surface area contributed by atoms with Crippen LogP contribution in [-0.2, 0) is 0 Å². The molecule has 17 heavy (non-hydrogen) atoms. The van der Waals surface area contributed by atoms with Crippen molar-refractivity contribution < 1.29 is 9.90 Å². The molecule has 0 bridgehead atoms. The Labute approximate surface area is 101 Å². The fraction of sp³-hybridized carbons (Fsp3) is 0.133. The van der Waals surface area contributed by atoms with Crippen molar-refractivity contribution in [1.29, 1.82) is 0 Å². The number of hydrogen-bond donors (Lipinski definition) is 1. The molecular weight excluding hydrogens is 212 g/mol. The van der Waals surface area contributed by atoms with Crippen LogP contribution in [0.15, 0.2) is 54.7 Å². The normalized spacial score (nSPS) is 14.9. The molecule has 2 nitrogen and oxygen atoms in total. The molecule has 1 aliphatic rings. The smallest absolute Gasteiger partial charge is 0.189 e. The molecule has 0 atom stereocenters. The maximum atomic E-state index is 11.8. The van der Waals surface area contributed by atoms with Crippen molar-refractivity contribution in [2.75, 3.05) is 0 Å². The molecule has 0 saturated heterocycles. The lowest BCUT2D eigenvalue weighted by Gasteiger charge is -2.02. The van der Waals surface area contributed by atoms with Crippen molar-refractivity contribution in [2.45, 2.75) is 6.92 Å². The fourth-order valence-corrected chi connectivity index (χ4v) is 1.72. The standard InChI is InChI=1S/C15H14O2/c1-11-6-8-13(15(17)10-11)14(16)9-7-12-4-2-3-5-12/h2-10,12,17H,1H3. The molecule has 0 aliphatic heterocycles. The lowest BCUT2D eigenvalue weighted by Crippen LogP contribution is -1.96. The summed E-state index contributed by atoms with van der Waals surface area (Å²) in [6.07, 6.45) is 11.2. The number of hydrogen-bond acceptors (Lipinski definition) is 2. The number of aryl methyl sites for hydroxylation is 1. The topological polar surface area (TPSA) is 37.3 Å². The van der Waals surface area contributed by atoms with E-state index in [0.29, 0.717) is 5.56 Å². The van der Waals surface area contributed by atoms with Gasteiger partial charge in [-0.25, -0.2) is 0 Å². The zero-order chi connectivity index (χ0) is 12.3. The highest BCUT2D eigenvalue weighted by atomic mass is 16.3. The summed E-state index contributed by atoms with van der Waals surface area (Å²) in [6, 6.07) is 5.06. The molecule has 1 aliphatic carbocycles. The maximum absolute atomic E-state index is 11.8. The summed E-state index contributed by atoms with van der Waals surface area (Å²) in [7, 11) is 0. The van der Waals surface area contributed by atoms with Crippen molar-refractivity contribution in [2.24, 2.45) is 5.92 Å². The minimum absolute atomic E-state index is 0.0390. The van der Waals surface area contributed by atoms with Crippen LogP contribution in [0.3, 0.4) is 0 Å². The van der Waals surface area contributed by atoms with Gasteiger partial charge in [-0.2, -0.15) is 0 Å². The van der Waals surface area contributed by atoms with Crippen LogP contribution in [0.25, 0.3) is 0 Å². The minimum atomic E-state index is -0.170. The maximum Gasteiger partial charge on any atom is 0.189 e. The zero-order valence-electron chi connectivity index (χ0n) is 9.63. The quantitative estimate of drug-likeness (QED) is 0.635. The Hall–Kier alpha value is -2.09. The lowest BCUT2D eigenvalue weighted by atomic mass is 10.0. The number of benzene rings is 1. The predicted molar refractivity (Wildman–Crippen MR) is 68.1 cm³/mol. The second-order valence-corrected chi connectivity index (χ2v) is 4.09. The van der Waals surface area contributed by atoms with Crippen molar-refractivity contribution in [1.82, 2.24) is 0 Å². The number of ketones is 1. The molecule has 0 saturated carbocycles. The summed E-state index contributed by atoms with van der Waals surface area (Å²) in [5, 5.41) is 9.67. The largest absolute Gasteiger partial charge is 0.507 e. The van der Waals surface area contributed by atoms with E-state index in [0.717, 1.165) is 5.56 Å². The summed E-state index contributed by atoms with van der Waals surface area (Å²) >= 11 is 0. The van der Waals surface area contributed by atoms with Crippen LogP contribution in [0.5, 0.6) is 5.75 Å². The molecule has 1 aromatic carbocycles. The van der Waals surface area contributed by atoms with Crippen LogP contribution < -0.4 is 0 Å². The molecule has 0 heterocycles. The lowest BCUT2D eigenvalue weighted by molar-refractivity contribution is 0.104. The number of phenols is 1. The summed E-state index contributed by atoms with van der Waals surface area (Å²) in [6.45, 7) is 1.87. The van der Waals surface area contributed by atoms with Crippen molar-refractivity contribution in [3.8, 4) is 5.75 Å². The van der Waals surface area contributed by atoms with E-state index < -0.39 is 0 Å². The number of phenolic OH excluding ortho intramolecular Hbond substituents is 1. The van der Waals surface area contributed by atoms with E-state index in [1.54, 1.807) is 12.1 Å². The van der Waals surface area contributed by atoms with Crippen LogP contribution in [0.2, 0.25) is 0 Å². The summed E-state index contributed by atoms with van der Waals surface area (Å²) in [5.74, 6) is 0.0555. The minimum Gasteiger partial charge on any atom is -0.507 e. The summed E-state index contributed by atoms with van der Waals surface area (Å²) in [5.41, 5.74) is 1.28. The van der Waals surface area contributed by atoms with Crippen molar-refractivity contribution >= 4 is 5.78 Å². The Bertz CT molecular complexity index is 510. The van der Waals surface area contributed by atoms with Gasteiger partial charge in [-0.15, -0.1) is 0 Å². The highest BCUT2D eigenvalue weighted by Gasteiger charge is 2.08. The van der Waals surface area contributed by atoms with Gasteiger partial charge in [-0.3, -0.25) is 4.79 Å². The molecule has 0 unspecified atom stereocenters. The number of carbonyl (C=O) groups excluding carboxylic acids is 1. The van der Waals surface area contributed by atoms with Crippen LogP contribution in [0, 0.1) is 12.8 Å². The van der Waals surface area contributed by atoms with Gasteiger partial charge in [0.25, 0.3) is 0 Å². The number of rotatable bonds is 3. The third-order valence-electron chi connectivity index (χ3n) is 2.67. The van der Waals surface area contributed by atoms with E-state index in [2.05, 4.69) is 0 Å². The molecule has 0 fully saturated rings. The van der Waals surface area contributed by atoms with Crippen LogP contribution in [-0.4, -0.2) is 10.9 Å². The average molecular weight is 226 g/mol. The van der Waals surface area contributed by atoms with Gasteiger partial charge in [0.1, 0.15) is 5.75 Å². The molecular formula is C15H14O2. The molecule has 2 rings (SSSR count). The average Bonchev–Trinajstić information content (AvgIpc) is 2.78. The molecule has 0 spiro atoms. The summed E-state index contributed by atoms with van der Waals surface area (Å²) in [4.78, 5) is 11.8. The summed E-state index contributed by atoms with van der Waals surface area (Å²) < 4.78 is 0. The Morgan fingerprint density at radius 2 is 2.00 bits per heavy atom. The van der Waals surface area contributed by atoms with Crippen molar-refractivity contribution in [3.05, 3.63) is 65.8 Å². The van der Waals surface area contributed by atoms with Gasteiger partial charge in [0.15, 0.2) is 5.78 Å². The molecule has 1 aromatic rings. The zero-order valence-corrected chi connectivity index (χ0v) is 9.63. The molecule has 1 N–H and O–H groups in total. The van der Waals surface area contributed by atoms with Gasteiger partial charge in [0.2, 0.25) is 0 Å². The first-order valence-corrected chi connectivity index (χ1v) is 5.54. The highest BCUT2D eigenvalue weighted by molar-refractivity contribution is 6.06. The number of carbonyl (C=O) groups is 1. The van der Waals surface area contributed by atoms with Crippen LogP contribution in [0.1, 0.15) is 15.9 Å². The Balaban J connectivity index is 2.14. The molecule has 2 heteroatoms. The monoisotopic (exact) mass is 226 g/mol. The second-order valence-electron chi connectivity index (χ2n) is 4.09. The Kier molecular flexibility index (Phi) is 3.24. The van der Waals surface area contributed by atoms with Gasteiger partial charge >= 0.3 is 0 Å². The SMILES string of the molecule is Cc1ccc(C(=O)C=CC2C=CC=C2)c(O)c1. The first-order chi connectivity index (χ1) is 8.16. The predicted octanol–water partition coefficient (Wildman–Crippen LogP) is 3.18. The number of allylic oxidation sites excluding steroid dienone is 6.